The zero-order valence-corrected chi connectivity index (χ0v) is 19.6. The van der Waals surface area contributed by atoms with E-state index in [9.17, 15) is 9.90 Å². The third-order valence-electron chi connectivity index (χ3n) is 7.22. The van der Waals surface area contributed by atoms with Gasteiger partial charge in [0.1, 0.15) is 0 Å². The smallest absolute Gasteiger partial charge is 0.228 e. The molecule has 30 heavy (non-hydrogen) atoms. The van der Waals surface area contributed by atoms with Crippen molar-refractivity contribution in [2.75, 3.05) is 13.1 Å². The van der Waals surface area contributed by atoms with E-state index in [0.717, 1.165) is 32.4 Å². The van der Waals surface area contributed by atoms with E-state index in [1.165, 1.54) is 30.4 Å². The molecule has 0 bridgehead atoms. The fourth-order valence-corrected chi connectivity index (χ4v) is 5.54. The molecule has 168 valence electrons. The van der Waals surface area contributed by atoms with Crippen LogP contribution in [0.15, 0.2) is 24.3 Å². The summed E-state index contributed by atoms with van der Waals surface area (Å²) in [5.74, 6) is -0.148. The second-order valence-electron chi connectivity index (χ2n) is 9.58. The van der Waals surface area contributed by atoms with Crippen LogP contribution in [0.4, 0.5) is 0 Å². The van der Waals surface area contributed by atoms with Crippen molar-refractivity contribution in [2.45, 2.75) is 95.2 Å². The molecule has 2 fully saturated rings. The number of alkyl halides is 1. The maximum absolute atomic E-state index is 13.0. The third-order valence-corrected chi connectivity index (χ3v) is 7.61. The van der Waals surface area contributed by atoms with Crippen molar-refractivity contribution in [3.8, 4) is 0 Å². The molecule has 5 heteroatoms. The highest BCUT2D eigenvalue weighted by atomic mass is 35.5. The maximum atomic E-state index is 13.0. The van der Waals surface area contributed by atoms with Gasteiger partial charge in [-0.3, -0.25) is 4.79 Å². The SMILES string of the molecule is CC(C)N(C(=O)C(C)C1(O)CCNCC1)C1CCCCC1.ClC1Cc2ccccc21. The van der Waals surface area contributed by atoms with Crippen LogP contribution in [0, 0.1) is 5.92 Å². The van der Waals surface area contributed by atoms with Gasteiger partial charge >= 0.3 is 0 Å². The van der Waals surface area contributed by atoms with Crippen molar-refractivity contribution in [1.82, 2.24) is 10.2 Å². The lowest BCUT2D eigenvalue weighted by molar-refractivity contribution is -0.151. The molecule has 0 aromatic heterocycles. The van der Waals surface area contributed by atoms with E-state index in [1.807, 2.05) is 13.0 Å². The predicted octanol–water partition coefficient (Wildman–Crippen LogP) is 4.83. The van der Waals surface area contributed by atoms with Crippen LogP contribution in [0.3, 0.4) is 0 Å². The van der Waals surface area contributed by atoms with Crippen LogP contribution >= 0.6 is 11.6 Å². The summed E-state index contributed by atoms with van der Waals surface area (Å²) in [5.41, 5.74) is 1.90. The van der Waals surface area contributed by atoms with E-state index in [0.29, 0.717) is 24.3 Å². The monoisotopic (exact) mass is 434 g/mol. The number of piperidine rings is 1. The standard InChI is InChI=1S/C17H32N2O2.C8H7Cl/c1-13(2)19(15-7-5-4-6-8-15)16(20)14(3)17(21)9-11-18-12-10-17;9-8-5-6-3-1-2-4-7(6)8/h13-15,18,21H,4-12H2,1-3H3;1-4,8H,5H2. The maximum Gasteiger partial charge on any atom is 0.228 e. The second kappa shape index (κ2) is 10.5. The molecule has 2 unspecified atom stereocenters. The predicted molar refractivity (Wildman–Crippen MR) is 124 cm³/mol. The van der Waals surface area contributed by atoms with Crippen molar-refractivity contribution in [2.24, 2.45) is 5.92 Å². The number of aliphatic hydroxyl groups is 1. The Labute approximate surface area is 187 Å². The van der Waals surface area contributed by atoms with Crippen LogP contribution in [0.2, 0.25) is 0 Å². The van der Waals surface area contributed by atoms with Crippen LogP contribution < -0.4 is 5.32 Å². The van der Waals surface area contributed by atoms with Crippen molar-refractivity contribution in [3.63, 3.8) is 0 Å². The number of nitrogens with one attached hydrogen (secondary N) is 1. The van der Waals surface area contributed by atoms with Crippen molar-refractivity contribution in [1.29, 1.82) is 0 Å². The quantitative estimate of drug-likeness (QED) is 0.667. The Bertz CT molecular complexity index is 696. The molecule has 0 spiro atoms. The van der Waals surface area contributed by atoms with Gasteiger partial charge in [-0.15, -0.1) is 11.6 Å². The molecule has 1 aromatic carbocycles. The van der Waals surface area contributed by atoms with Crippen LogP contribution in [0.1, 0.15) is 82.2 Å². The average Bonchev–Trinajstić information content (AvgIpc) is 2.74. The summed E-state index contributed by atoms with van der Waals surface area (Å²) < 4.78 is 0. The molecule has 2 aliphatic carbocycles. The Hall–Kier alpha value is -1.10. The number of nitrogens with zero attached hydrogens (tertiary/aromatic N) is 1. The first-order valence-electron chi connectivity index (χ1n) is 11.8. The van der Waals surface area contributed by atoms with Crippen LogP contribution in [-0.4, -0.2) is 46.7 Å². The van der Waals surface area contributed by atoms with E-state index in [4.69, 9.17) is 11.6 Å². The molecule has 3 aliphatic rings. The number of rotatable bonds is 4. The molecular formula is C25H39ClN2O2. The van der Waals surface area contributed by atoms with Gasteiger partial charge in [0.2, 0.25) is 5.91 Å². The Morgan fingerprint density at radius 1 is 1.13 bits per heavy atom. The highest BCUT2D eigenvalue weighted by Gasteiger charge is 2.42. The Morgan fingerprint density at radius 3 is 2.30 bits per heavy atom. The molecule has 1 aliphatic heterocycles. The highest BCUT2D eigenvalue weighted by molar-refractivity contribution is 6.22. The van der Waals surface area contributed by atoms with Gasteiger partial charge in [0.05, 0.1) is 16.9 Å². The fraction of sp³-hybridized carbons (Fsp3) is 0.720. The van der Waals surface area contributed by atoms with E-state index < -0.39 is 5.60 Å². The summed E-state index contributed by atoms with van der Waals surface area (Å²) in [6.45, 7) is 7.74. The number of fused-ring (bicyclic) bond motifs is 1. The van der Waals surface area contributed by atoms with Gasteiger partial charge in [-0.2, -0.15) is 0 Å². The molecule has 4 nitrogen and oxygen atoms in total. The molecule has 2 N–H and O–H groups in total. The van der Waals surface area contributed by atoms with E-state index in [-0.39, 0.29) is 17.9 Å². The summed E-state index contributed by atoms with van der Waals surface area (Å²) in [6.07, 6.45) is 8.40. The van der Waals surface area contributed by atoms with Crippen molar-refractivity contribution in [3.05, 3.63) is 35.4 Å². The zero-order chi connectivity index (χ0) is 21.7. The topological polar surface area (TPSA) is 52.6 Å². The highest BCUT2D eigenvalue weighted by Crippen LogP contribution is 2.37. The molecule has 2 atom stereocenters. The Morgan fingerprint density at radius 2 is 1.77 bits per heavy atom. The van der Waals surface area contributed by atoms with E-state index in [1.54, 1.807) is 0 Å². The number of hydrogen-bond donors (Lipinski definition) is 2. The Kier molecular flexibility index (Phi) is 8.23. The molecule has 1 saturated heterocycles. The van der Waals surface area contributed by atoms with E-state index in [2.05, 4.69) is 42.3 Å². The van der Waals surface area contributed by atoms with Crippen molar-refractivity contribution < 1.29 is 9.90 Å². The van der Waals surface area contributed by atoms with Gasteiger partial charge in [0.25, 0.3) is 0 Å². The summed E-state index contributed by atoms with van der Waals surface area (Å²) in [6, 6.07) is 8.91. The van der Waals surface area contributed by atoms with Gasteiger partial charge in [-0.25, -0.2) is 0 Å². The molecular weight excluding hydrogens is 396 g/mol. The molecule has 1 saturated carbocycles. The fourth-order valence-electron chi connectivity index (χ4n) is 5.16. The summed E-state index contributed by atoms with van der Waals surface area (Å²) >= 11 is 5.88. The number of halogens is 1. The zero-order valence-electron chi connectivity index (χ0n) is 18.9. The molecule has 1 amide bonds. The second-order valence-corrected chi connectivity index (χ2v) is 10.1. The first-order chi connectivity index (χ1) is 14.3. The van der Waals surface area contributed by atoms with Crippen LogP contribution in [0.5, 0.6) is 0 Å². The van der Waals surface area contributed by atoms with Gasteiger partial charge in [-0.1, -0.05) is 50.5 Å². The molecule has 1 heterocycles. The molecule has 0 radical (unpaired) electrons. The molecule has 4 rings (SSSR count). The van der Waals surface area contributed by atoms with Gasteiger partial charge in [-0.05, 0) is 70.2 Å². The lowest BCUT2D eigenvalue weighted by Gasteiger charge is -2.43. The number of benzene rings is 1. The normalized spacial score (nSPS) is 24.1. The van der Waals surface area contributed by atoms with Crippen LogP contribution in [0.25, 0.3) is 0 Å². The summed E-state index contributed by atoms with van der Waals surface area (Å²) in [4.78, 5) is 15.1. The number of amides is 1. The minimum absolute atomic E-state index is 0.154. The van der Waals surface area contributed by atoms with Crippen LogP contribution in [-0.2, 0) is 11.2 Å². The minimum atomic E-state index is -0.829. The lowest BCUT2D eigenvalue weighted by Crippen LogP contribution is -2.55. The first-order valence-corrected chi connectivity index (χ1v) is 12.2. The lowest BCUT2D eigenvalue weighted by atomic mass is 9.79. The average molecular weight is 435 g/mol. The third kappa shape index (κ3) is 5.38. The molecule has 1 aromatic rings. The summed E-state index contributed by atoms with van der Waals surface area (Å²) in [5, 5.41) is 14.4. The summed E-state index contributed by atoms with van der Waals surface area (Å²) in [7, 11) is 0. The van der Waals surface area contributed by atoms with Crippen molar-refractivity contribution >= 4 is 17.5 Å². The number of carbonyl (C=O) groups excluding carboxylic acids is 1. The first kappa shape index (κ1) is 23.6. The van der Waals surface area contributed by atoms with Gasteiger partial charge in [0.15, 0.2) is 0 Å². The van der Waals surface area contributed by atoms with E-state index >= 15 is 0 Å². The number of hydrogen-bond acceptors (Lipinski definition) is 3. The minimum Gasteiger partial charge on any atom is -0.389 e. The largest absolute Gasteiger partial charge is 0.389 e. The Balaban J connectivity index is 0.000000234. The van der Waals surface area contributed by atoms with Gasteiger partial charge in [0, 0.05) is 12.1 Å². The number of carbonyl (C=O) groups is 1. The van der Waals surface area contributed by atoms with Gasteiger partial charge < -0.3 is 15.3 Å².